The number of ether oxygens (including phenoxy) is 2. The summed E-state index contributed by atoms with van der Waals surface area (Å²) in [6, 6.07) is 3.71. The summed E-state index contributed by atoms with van der Waals surface area (Å²) in [5.74, 6) is -3.43. The lowest BCUT2D eigenvalue weighted by Crippen LogP contribution is -2.44. The van der Waals surface area contributed by atoms with Crippen LogP contribution >= 0.6 is 11.3 Å². The van der Waals surface area contributed by atoms with Crippen molar-refractivity contribution in [3.63, 3.8) is 0 Å². The summed E-state index contributed by atoms with van der Waals surface area (Å²) in [6.45, 7) is 3.12. The molecule has 3 aromatic rings. The van der Waals surface area contributed by atoms with Crippen molar-refractivity contribution in [2.75, 3.05) is 36.3 Å². The molecule has 2 fully saturated rings. The van der Waals surface area contributed by atoms with Crippen molar-refractivity contribution in [2.24, 2.45) is 5.92 Å². The van der Waals surface area contributed by atoms with Crippen molar-refractivity contribution in [2.45, 2.75) is 32.0 Å². The number of benzene rings is 1. The summed E-state index contributed by atoms with van der Waals surface area (Å²) in [5, 5.41) is 6.06. The number of anilines is 2. The Hall–Kier alpha value is -3.14. The zero-order valence-corrected chi connectivity index (χ0v) is 22.3. The summed E-state index contributed by atoms with van der Waals surface area (Å²) < 4.78 is 68.9. The highest BCUT2D eigenvalue weighted by Crippen LogP contribution is 2.39. The quantitative estimate of drug-likeness (QED) is 0.364. The number of carbonyl (C=O) groups is 1. The lowest BCUT2D eigenvalue weighted by molar-refractivity contribution is -0.114. The maximum atomic E-state index is 15.0. The van der Waals surface area contributed by atoms with E-state index in [0.717, 1.165) is 12.1 Å². The van der Waals surface area contributed by atoms with Crippen molar-refractivity contribution >= 4 is 39.1 Å². The highest BCUT2D eigenvalue weighted by Gasteiger charge is 2.29. The van der Waals surface area contributed by atoms with E-state index in [1.807, 2.05) is 0 Å². The number of alkyl halides is 1. The molecule has 10 nitrogen and oxygen atoms in total. The fourth-order valence-electron chi connectivity index (χ4n) is 4.19. The predicted molar refractivity (Wildman–Crippen MR) is 140 cm³/mol. The van der Waals surface area contributed by atoms with Gasteiger partial charge in [-0.3, -0.25) is 9.52 Å². The van der Waals surface area contributed by atoms with Crippen molar-refractivity contribution in [3.8, 4) is 22.2 Å². The number of nitrogens with one attached hydrogen (secondary N) is 3. The van der Waals surface area contributed by atoms with Gasteiger partial charge in [-0.2, -0.15) is 4.39 Å². The van der Waals surface area contributed by atoms with Gasteiger partial charge in [0.25, 0.3) is 0 Å². The van der Waals surface area contributed by atoms with E-state index in [0.29, 0.717) is 48.1 Å². The summed E-state index contributed by atoms with van der Waals surface area (Å²) >= 11 is 1.24. The molecule has 2 aliphatic heterocycles. The number of hydrogen-bond donors (Lipinski definition) is 3. The number of carbonyl (C=O) groups excluding carboxylic acids is 1. The molecule has 39 heavy (non-hydrogen) atoms. The van der Waals surface area contributed by atoms with Gasteiger partial charge in [0.1, 0.15) is 11.0 Å². The normalized spacial score (nSPS) is 21.9. The van der Waals surface area contributed by atoms with Crippen LogP contribution in [0.2, 0.25) is 0 Å². The second-order valence-corrected chi connectivity index (χ2v) is 11.4. The first-order chi connectivity index (χ1) is 18.8. The molecule has 0 saturated carbocycles. The van der Waals surface area contributed by atoms with Gasteiger partial charge in [0.2, 0.25) is 22.8 Å². The molecule has 15 heteroatoms. The molecule has 2 aromatic heterocycles. The molecule has 4 heterocycles. The van der Waals surface area contributed by atoms with E-state index in [1.165, 1.54) is 17.5 Å². The lowest BCUT2D eigenvalue weighted by Gasteiger charge is -2.26. The average molecular weight is 583 g/mol. The minimum absolute atomic E-state index is 0.00398. The van der Waals surface area contributed by atoms with Crippen LogP contribution in [0.4, 0.5) is 24.8 Å². The standard InChI is InChI=1S/C24H25F3N6O4S2/c1-12-30-22(21(38-12)17-4-6-29-24(32-17)31-15-8-14(25)9-28-10-15)37-18-3-2-16(19(26)20(18)27)33-39(35)23(34)13-5-7-36-11-13/h2-4,6,13-15,28,33H,5,7-11H2,1H3,(H,29,31,32)/t13-,14-,15-,39?/m0/s1. The van der Waals surface area contributed by atoms with E-state index in [1.54, 1.807) is 13.0 Å². The largest absolute Gasteiger partial charge is 0.434 e. The van der Waals surface area contributed by atoms with Crippen LogP contribution in [0, 0.1) is 24.5 Å². The Labute approximate surface area is 228 Å². The first kappa shape index (κ1) is 27.4. The van der Waals surface area contributed by atoms with Crippen molar-refractivity contribution < 1.29 is 31.6 Å². The van der Waals surface area contributed by atoms with Crippen molar-refractivity contribution in [1.82, 2.24) is 20.3 Å². The number of piperidine rings is 1. The smallest absolute Gasteiger partial charge is 0.244 e. The number of hydrogen-bond acceptors (Lipinski definition) is 10. The van der Waals surface area contributed by atoms with Crippen LogP contribution in [0.3, 0.4) is 0 Å². The first-order valence-corrected chi connectivity index (χ1v) is 14.1. The minimum atomic E-state index is -2.27. The Morgan fingerprint density at radius 2 is 2.08 bits per heavy atom. The maximum absolute atomic E-state index is 15.0. The van der Waals surface area contributed by atoms with Gasteiger partial charge in [0, 0.05) is 38.4 Å². The molecule has 208 valence electrons. The summed E-state index contributed by atoms with van der Waals surface area (Å²) in [4.78, 5) is 25.7. The zero-order chi connectivity index (χ0) is 27.5. The molecule has 1 aromatic carbocycles. The van der Waals surface area contributed by atoms with Gasteiger partial charge < -0.3 is 20.1 Å². The maximum Gasteiger partial charge on any atom is 0.244 e. The number of aryl methyl sites for hydroxylation is 1. The summed E-state index contributed by atoms with van der Waals surface area (Å²) in [5.41, 5.74) is -0.0167. The van der Waals surface area contributed by atoms with E-state index < -0.39 is 51.3 Å². The van der Waals surface area contributed by atoms with E-state index >= 15 is 0 Å². The molecule has 3 N–H and O–H groups in total. The summed E-state index contributed by atoms with van der Waals surface area (Å²) in [7, 11) is -2.27. The van der Waals surface area contributed by atoms with Crippen LogP contribution in [0.1, 0.15) is 17.8 Å². The van der Waals surface area contributed by atoms with Crippen LogP contribution in [0.25, 0.3) is 10.6 Å². The van der Waals surface area contributed by atoms with Crippen LogP contribution in [0.15, 0.2) is 24.4 Å². The van der Waals surface area contributed by atoms with Gasteiger partial charge in [-0.05, 0) is 31.5 Å². The number of rotatable bonds is 8. The van der Waals surface area contributed by atoms with Gasteiger partial charge in [-0.15, -0.1) is 11.3 Å². The lowest BCUT2D eigenvalue weighted by atomic mass is 10.1. The second-order valence-electron chi connectivity index (χ2n) is 9.06. The number of nitrogens with zero attached hydrogens (tertiary/aromatic N) is 3. The highest BCUT2D eigenvalue weighted by molar-refractivity contribution is 8.01. The molecule has 2 aliphatic rings. The van der Waals surface area contributed by atoms with Crippen LogP contribution < -0.4 is 20.1 Å². The fraction of sp³-hybridized carbons (Fsp3) is 0.417. The molecule has 2 saturated heterocycles. The van der Waals surface area contributed by atoms with E-state index in [-0.39, 0.29) is 24.5 Å². The Morgan fingerprint density at radius 3 is 2.85 bits per heavy atom. The predicted octanol–water partition coefficient (Wildman–Crippen LogP) is 3.73. The molecule has 0 bridgehead atoms. The molecule has 0 spiro atoms. The van der Waals surface area contributed by atoms with E-state index in [9.17, 15) is 22.2 Å². The molecule has 0 radical (unpaired) electrons. The van der Waals surface area contributed by atoms with Gasteiger partial charge in [-0.25, -0.2) is 27.9 Å². The monoisotopic (exact) mass is 582 g/mol. The van der Waals surface area contributed by atoms with Crippen LogP contribution in [0.5, 0.6) is 11.6 Å². The van der Waals surface area contributed by atoms with Crippen molar-refractivity contribution in [3.05, 3.63) is 41.0 Å². The second kappa shape index (κ2) is 11.9. The third-order valence-electron chi connectivity index (χ3n) is 6.12. The number of thiazole rings is 1. The SMILES string of the molecule is Cc1nc(Oc2ccc(NS(=O)C(=O)[C@H]3CCOC3)c(F)c2F)c(-c2ccnc(N[C@@H]3CNC[C@@H](F)C3)n2)s1. The Morgan fingerprint density at radius 1 is 1.23 bits per heavy atom. The van der Waals surface area contributed by atoms with Gasteiger partial charge >= 0.3 is 0 Å². The average Bonchev–Trinajstić information content (AvgIpc) is 3.58. The van der Waals surface area contributed by atoms with E-state index in [4.69, 9.17) is 9.47 Å². The zero-order valence-electron chi connectivity index (χ0n) is 20.7. The topological polar surface area (TPSA) is 127 Å². The molecular weight excluding hydrogens is 557 g/mol. The third-order valence-corrected chi connectivity index (χ3v) is 8.20. The van der Waals surface area contributed by atoms with Crippen molar-refractivity contribution in [1.29, 1.82) is 0 Å². The Bertz CT molecular complexity index is 1390. The molecular formula is C24H25F3N6O4S2. The van der Waals surface area contributed by atoms with Crippen LogP contribution in [-0.4, -0.2) is 62.8 Å². The summed E-state index contributed by atoms with van der Waals surface area (Å²) in [6.07, 6.45) is 1.29. The van der Waals surface area contributed by atoms with Gasteiger partial charge in [0.05, 0.1) is 28.9 Å². The molecule has 4 atom stereocenters. The molecule has 1 unspecified atom stereocenters. The van der Waals surface area contributed by atoms with Crippen LogP contribution in [-0.2, 0) is 20.5 Å². The van der Waals surface area contributed by atoms with Gasteiger partial charge in [-0.1, -0.05) is 0 Å². The Balaban J connectivity index is 1.32. The molecule has 0 amide bonds. The number of aromatic nitrogens is 3. The number of halogens is 3. The first-order valence-electron chi connectivity index (χ1n) is 12.2. The Kier molecular flexibility index (Phi) is 8.40. The highest BCUT2D eigenvalue weighted by atomic mass is 32.2. The van der Waals surface area contributed by atoms with E-state index in [2.05, 4.69) is 30.3 Å². The molecule has 0 aliphatic carbocycles. The fourth-order valence-corrected chi connectivity index (χ4v) is 5.95. The third kappa shape index (κ3) is 6.37. The minimum Gasteiger partial charge on any atom is -0.434 e. The molecule has 5 rings (SSSR count). The van der Waals surface area contributed by atoms with Gasteiger partial charge in [0.15, 0.2) is 22.6 Å².